The van der Waals surface area contributed by atoms with Gasteiger partial charge in [-0.05, 0) is 36.8 Å². The number of nitrogens with zero attached hydrogens (tertiary/aromatic N) is 1. The van der Waals surface area contributed by atoms with Crippen molar-refractivity contribution in [1.29, 1.82) is 0 Å². The second-order valence-corrected chi connectivity index (χ2v) is 8.72. The molecule has 1 heterocycles. The maximum atomic E-state index is 12.8. The van der Waals surface area contributed by atoms with E-state index in [0.717, 1.165) is 31.2 Å². The van der Waals surface area contributed by atoms with Crippen LogP contribution in [-0.4, -0.2) is 40.7 Å². The predicted molar refractivity (Wildman–Crippen MR) is 108 cm³/mol. The Morgan fingerprint density at radius 3 is 2.41 bits per heavy atom. The van der Waals surface area contributed by atoms with Crippen LogP contribution in [0.25, 0.3) is 0 Å². The topological polar surface area (TPSA) is 66.5 Å². The summed E-state index contributed by atoms with van der Waals surface area (Å²) in [5, 5.41) is 3.80. The van der Waals surface area contributed by atoms with Crippen LogP contribution in [0.4, 0.5) is 0 Å². The summed E-state index contributed by atoms with van der Waals surface area (Å²) >= 11 is 13.5. The summed E-state index contributed by atoms with van der Waals surface area (Å²) in [6, 6.07) is 4.26. The standard InChI is InChI=1S/C19H22Cl2N2O3S/c1-27-10-16(17(24)22-9-11-6-7-12(20)8-15(11)21)23-18(25)13-4-2-3-5-14(13)19(23)26/h6-8,13-14,16H,2-5,9-10H2,1H3,(H,22,24)/t13-,14+,16-/m0/s1. The molecule has 5 nitrogen and oxygen atoms in total. The Hall–Kier alpha value is -1.24. The number of hydrogen-bond acceptors (Lipinski definition) is 4. The van der Waals surface area contributed by atoms with Gasteiger partial charge in [0.05, 0.1) is 11.8 Å². The van der Waals surface area contributed by atoms with Gasteiger partial charge in [-0.15, -0.1) is 0 Å². The van der Waals surface area contributed by atoms with Crippen LogP contribution in [0.5, 0.6) is 0 Å². The third-order valence-electron chi connectivity index (χ3n) is 5.28. The normalized spacial score (nSPS) is 23.3. The highest BCUT2D eigenvalue weighted by atomic mass is 35.5. The highest BCUT2D eigenvalue weighted by Gasteiger charge is 2.51. The SMILES string of the molecule is CSC[C@@H](C(=O)NCc1ccc(Cl)cc1Cl)N1C(=O)[C@H]2CCCC[C@H]2C1=O. The van der Waals surface area contributed by atoms with E-state index in [1.165, 1.54) is 16.7 Å². The first kappa shape index (κ1) is 20.5. The molecular formula is C19H22Cl2N2O3S. The zero-order chi connectivity index (χ0) is 19.6. The largest absolute Gasteiger partial charge is 0.350 e. The van der Waals surface area contributed by atoms with E-state index in [0.29, 0.717) is 15.8 Å². The summed E-state index contributed by atoms with van der Waals surface area (Å²) in [4.78, 5) is 39.7. The molecule has 0 radical (unpaired) electrons. The lowest BCUT2D eigenvalue weighted by atomic mass is 9.81. The van der Waals surface area contributed by atoms with Crippen LogP contribution >= 0.6 is 35.0 Å². The number of likely N-dealkylation sites (tertiary alicyclic amines) is 1. The first-order chi connectivity index (χ1) is 12.9. The maximum absolute atomic E-state index is 12.8. The highest BCUT2D eigenvalue weighted by Crippen LogP contribution is 2.39. The minimum absolute atomic E-state index is 0.191. The first-order valence-corrected chi connectivity index (χ1v) is 11.2. The van der Waals surface area contributed by atoms with Crippen molar-refractivity contribution in [1.82, 2.24) is 10.2 Å². The third kappa shape index (κ3) is 4.28. The molecule has 0 unspecified atom stereocenters. The third-order valence-corrected chi connectivity index (χ3v) is 6.52. The van der Waals surface area contributed by atoms with Crippen molar-refractivity contribution in [2.45, 2.75) is 38.3 Å². The molecule has 2 aliphatic rings. The van der Waals surface area contributed by atoms with Crippen LogP contribution in [-0.2, 0) is 20.9 Å². The number of carbonyl (C=O) groups is 3. The number of imide groups is 1. The second kappa shape index (κ2) is 8.84. The summed E-state index contributed by atoms with van der Waals surface area (Å²) in [6.45, 7) is 0.211. The van der Waals surface area contributed by atoms with E-state index < -0.39 is 6.04 Å². The number of carbonyl (C=O) groups excluding carboxylic acids is 3. The Labute approximate surface area is 173 Å². The van der Waals surface area contributed by atoms with Crippen LogP contribution in [0.1, 0.15) is 31.2 Å². The lowest BCUT2D eigenvalue weighted by Gasteiger charge is -2.25. The van der Waals surface area contributed by atoms with Crippen molar-refractivity contribution in [3.8, 4) is 0 Å². The van der Waals surface area contributed by atoms with Crippen molar-refractivity contribution in [3.63, 3.8) is 0 Å². The van der Waals surface area contributed by atoms with Crippen LogP contribution in [0.15, 0.2) is 18.2 Å². The summed E-state index contributed by atoms with van der Waals surface area (Å²) in [6.07, 6.45) is 5.25. The maximum Gasteiger partial charge on any atom is 0.244 e. The molecule has 1 saturated heterocycles. The van der Waals surface area contributed by atoms with E-state index in [9.17, 15) is 14.4 Å². The molecule has 1 aromatic rings. The fourth-order valence-corrected chi connectivity index (χ4v) is 4.98. The van der Waals surface area contributed by atoms with Gasteiger partial charge in [0.25, 0.3) is 0 Å². The fourth-order valence-electron chi connectivity index (χ4n) is 3.89. The van der Waals surface area contributed by atoms with Gasteiger partial charge in [0.2, 0.25) is 17.7 Å². The van der Waals surface area contributed by atoms with Gasteiger partial charge < -0.3 is 5.32 Å². The minimum Gasteiger partial charge on any atom is -0.350 e. The Kier molecular flexibility index (Phi) is 6.71. The summed E-state index contributed by atoms with van der Waals surface area (Å²) in [5.74, 6) is -0.859. The molecule has 146 valence electrons. The van der Waals surface area contributed by atoms with Crippen molar-refractivity contribution in [3.05, 3.63) is 33.8 Å². The highest BCUT2D eigenvalue weighted by molar-refractivity contribution is 7.98. The average molecular weight is 429 g/mol. The van der Waals surface area contributed by atoms with Gasteiger partial charge in [0, 0.05) is 22.3 Å². The molecule has 1 aliphatic carbocycles. The summed E-state index contributed by atoms with van der Waals surface area (Å²) in [5.41, 5.74) is 0.727. The molecule has 3 atom stereocenters. The molecule has 1 aliphatic heterocycles. The predicted octanol–water partition coefficient (Wildman–Crippen LogP) is 3.52. The lowest BCUT2D eigenvalue weighted by Crippen LogP contribution is -2.51. The molecule has 0 spiro atoms. The molecule has 3 rings (SSSR count). The van der Waals surface area contributed by atoms with Gasteiger partial charge in [0.1, 0.15) is 6.04 Å². The Morgan fingerprint density at radius 2 is 1.85 bits per heavy atom. The number of nitrogens with one attached hydrogen (secondary N) is 1. The molecule has 3 amide bonds. The van der Waals surface area contributed by atoms with Gasteiger partial charge in [-0.25, -0.2) is 0 Å². The second-order valence-electron chi connectivity index (χ2n) is 6.97. The van der Waals surface area contributed by atoms with Crippen LogP contribution < -0.4 is 5.32 Å². The van der Waals surface area contributed by atoms with Gasteiger partial charge in [-0.3, -0.25) is 19.3 Å². The number of hydrogen-bond donors (Lipinski definition) is 1. The first-order valence-electron chi connectivity index (χ1n) is 9.01. The van der Waals surface area contributed by atoms with Gasteiger partial charge in [-0.1, -0.05) is 42.1 Å². The number of amides is 3. The fraction of sp³-hybridized carbons (Fsp3) is 0.526. The monoisotopic (exact) mass is 428 g/mol. The van der Waals surface area contributed by atoms with Crippen molar-refractivity contribution in [2.75, 3.05) is 12.0 Å². The van der Waals surface area contributed by atoms with Gasteiger partial charge >= 0.3 is 0 Å². The molecule has 1 aromatic carbocycles. The number of halogens is 2. The molecule has 0 aromatic heterocycles. The Bertz CT molecular complexity index is 734. The average Bonchev–Trinajstić information content (AvgIpc) is 2.90. The molecular weight excluding hydrogens is 407 g/mol. The van der Waals surface area contributed by atoms with E-state index >= 15 is 0 Å². The van der Waals surface area contributed by atoms with E-state index in [2.05, 4.69) is 5.32 Å². The summed E-state index contributed by atoms with van der Waals surface area (Å²) < 4.78 is 0. The number of thioether (sulfide) groups is 1. The van der Waals surface area contributed by atoms with Crippen molar-refractivity contribution >= 4 is 52.7 Å². The van der Waals surface area contributed by atoms with E-state index in [4.69, 9.17) is 23.2 Å². The van der Waals surface area contributed by atoms with Crippen LogP contribution in [0, 0.1) is 11.8 Å². The van der Waals surface area contributed by atoms with Crippen molar-refractivity contribution < 1.29 is 14.4 Å². The minimum atomic E-state index is -0.795. The zero-order valence-corrected chi connectivity index (χ0v) is 17.4. The Balaban J connectivity index is 1.73. The summed E-state index contributed by atoms with van der Waals surface area (Å²) in [7, 11) is 0. The number of rotatable bonds is 6. The molecule has 1 saturated carbocycles. The molecule has 1 N–H and O–H groups in total. The Morgan fingerprint density at radius 1 is 1.22 bits per heavy atom. The zero-order valence-electron chi connectivity index (χ0n) is 15.0. The van der Waals surface area contributed by atoms with Gasteiger partial charge in [-0.2, -0.15) is 11.8 Å². The van der Waals surface area contributed by atoms with Gasteiger partial charge in [0.15, 0.2) is 0 Å². The quantitative estimate of drug-likeness (QED) is 0.703. The van der Waals surface area contributed by atoms with Crippen LogP contribution in [0.3, 0.4) is 0 Å². The molecule has 8 heteroatoms. The van der Waals surface area contributed by atoms with E-state index in [1.807, 2.05) is 6.26 Å². The molecule has 2 fully saturated rings. The van der Waals surface area contributed by atoms with Crippen LogP contribution in [0.2, 0.25) is 10.0 Å². The smallest absolute Gasteiger partial charge is 0.244 e. The molecule has 0 bridgehead atoms. The number of fused-ring (bicyclic) bond motifs is 1. The van der Waals surface area contributed by atoms with Crippen molar-refractivity contribution in [2.24, 2.45) is 11.8 Å². The lowest BCUT2D eigenvalue weighted by molar-refractivity contribution is -0.147. The molecule has 27 heavy (non-hydrogen) atoms. The van der Waals surface area contributed by atoms with E-state index in [-0.39, 0.29) is 36.1 Å². The number of benzene rings is 1. The van der Waals surface area contributed by atoms with E-state index in [1.54, 1.807) is 18.2 Å².